The molecule has 3 rings (SSSR count). The first-order chi connectivity index (χ1) is 9.38. The normalized spacial score (nSPS) is 12.9. The summed E-state index contributed by atoms with van der Waals surface area (Å²) in [5.41, 5.74) is 2.44. The van der Waals surface area contributed by atoms with Crippen LogP contribution in [0.4, 0.5) is 0 Å². The Bertz CT molecular complexity index is 563. The average molecular weight is 258 g/mol. The number of aromatic nitrogens is 1. The Morgan fingerprint density at radius 2 is 2.11 bits per heavy atom. The van der Waals surface area contributed by atoms with Crippen LogP contribution < -0.4 is 14.8 Å². The highest BCUT2D eigenvalue weighted by molar-refractivity contribution is 5.48. The lowest BCUT2D eigenvalue weighted by Gasteiger charge is -2.09. The largest absolute Gasteiger partial charge is 0.454 e. The molecule has 4 nitrogen and oxygen atoms in total. The van der Waals surface area contributed by atoms with Gasteiger partial charge < -0.3 is 19.4 Å². The van der Waals surface area contributed by atoms with E-state index in [1.165, 1.54) is 5.69 Å². The second-order valence-corrected chi connectivity index (χ2v) is 4.54. The Balaban J connectivity index is 1.63. The number of hydrogen-bond acceptors (Lipinski definition) is 3. The number of ether oxygens (including phenoxy) is 2. The van der Waals surface area contributed by atoms with Gasteiger partial charge in [0.25, 0.3) is 0 Å². The van der Waals surface area contributed by atoms with Gasteiger partial charge in [0.05, 0.1) is 0 Å². The van der Waals surface area contributed by atoms with Gasteiger partial charge >= 0.3 is 0 Å². The number of nitrogens with zero attached hydrogens (tertiary/aromatic N) is 1. The molecule has 1 aromatic carbocycles. The predicted octanol–water partition coefficient (Wildman–Crippen LogP) is 2.53. The number of aryl methyl sites for hydroxylation is 1. The molecular formula is C15H18N2O2. The summed E-state index contributed by atoms with van der Waals surface area (Å²) < 4.78 is 13.1. The summed E-state index contributed by atoms with van der Waals surface area (Å²) in [6.45, 7) is 5.11. The number of para-hydroxylation sites is 1. The van der Waals surface area contributed by atoms with Crippen molar-refractivity contribution in [2.45, 2.75) is 26.6 Å². The molecule has 100 valence electrons. The van der Waals surface area contributed by atoms with Crippen LogP contribution in [0.1, 0.15) is 18.2 Å². The molecule has 0 unspecified atom stereocenters. The molecule has 0 saturated carbocycles. The van der Waals surface area contributed by atoms with E-state index in [1.807, 2.05) is 12.1 Å². The van der Waals surface area contributed by atoms with Crippen LogP contribution in [-0.2, 0) is 19.6 Å². The lowest BCUT2D eigenvalue weighted by Crippen LogP contribution is -2.15. The van der Waals surface area contributed by atoms with Gasteiger partial charge in [-0.2, -0.15) is 0 Å². The van der Waals surface area contributed by atoms with E-state index in [0.29, 0.717) is 6.79 Å². The third-order valence-corrected chi connectivity index (χ3v) is 3.36. The quantitative estimate of drug-likeness (QED) is 0.895. The second kappa shape index (κ2) is 5.36. The zero-order valence-electron chi connectivity index (χ0n) is 11.1. The van der Waals surface area contributed by atoms with Crippen molar-refractivity contribution in [3.05, 3.63) is 47.8 Å². The average Bonchev–Trinajstić information content (AvgIpc) is 3.07. The van der Waals surface area contributed by atoms with Crippen LogP contribution in [0, 0.1) is 0 Å². The van der Waals surface area contributed by atoms with Gasteiger partial charge in [-0.3, -0.25) is 0 Å². The minimum absolute atomic E-state index is 0.324. The van der Waals surface area contributed by atoms with Gasteiger partial charge in [0.2, 0.25) is 6.79 Å². The van der Waals surface area contributed by atoms with E-state index >= 15 is 0 Å². The highest BCUT2D eigenvalue weighted by atomic mass is 16.7. The van der Waals surface area contributed by atoms with E-state index in [0.717, 1.165) is 36.7 Å². The van der Waals surface area contributed by atoms with Gasteiger partial charge in [-0.1, -0.05) is 12.1 Å². The van der Waals surface area contributed by atoms with Crippen LogP contribution in [-0.4, -0.2) is 11.4 Å². The maximum absolute atomic E-state index is 5.49. The van der Waals surface area contributed by atoms with Crippen molar-refractivity contribution in [1.29, 1.82) is 0 Å². The predicted molar refractivity (Wildman–Crippen MR) is 73.2 cm³/mol. The monoisotopic (exact) mass is 258 g/mol. The maximum Gasteiger partial charge on any atom is 0.231 e. The summed E-state index contributed by atoms with van der Waals surface area (Å²) in [4.78, 5) is 0. The number of hydrogen-bond donors (Lipinski definition) is 1. The molecule has 1 N–H and O–H groups in total. The molecule has 0 spiro atoms. The highest BCUT2D eigenvalue weighted by Gasteiger charge is 2.16. The second-order valence-electron chi connectivity index (χ2n) is 4.54. The molecule has 19 heavy (non-hydrogen) atoms. The fourth-order valence-corrected chi connectivity index (χ4v) is 2.37. The minimum atomic E-state index is 0.324. The molecule has 1 aliphatic heterocycles. The molecule has 2 aromatic rings. The van der Waals surface area contributed by atoms with Gasteiger partial charge in [0, 0.05) is 37.1 Å². The molecular weight excluding hydrogens is 240 g/mol. The molecule has 4 heteroatoms. The third-order valence-electron chi connectivity index (χ3n) is 3.36. The Labute approximate surface area is 113 Å². The molecule has 0 radical (unpaired) electrons. The molecule has 0 saturated heterocycles. The van der Waals surface area contributed by atoms with Gasteiger partial charge in [0.15, 0.2) is 11.5 Å². The summed E-state index contributed by atoms with van der Waals surface area (Å²) in [5, 5.41) is 3.45. The first-order valence-electron chi connectivity index (χ1n) is 6.60. The van der Waals surface area contributed by atoms with E-state index in [1.54, 1.807) is 0 Å². The minimum Gasteiger partial charge on any atom is -0.454 e. The van der Waals surface area contributed by atoms with Crippen LogP contribution in [0.5, 0.6) is 11.5 Å². The lowest BCUT2D eigenvalue weighted by atomic mass is 10.2. The molecule has 2 heterocycles. The van der Waals surface area contributed by atoms with Crippen LogP contribution in [0.2, 0.25) is 0 Å². The van der Waals surface area contributed by atoms with E-state index in [2.05, 4.69) is 41.2 Å². The molecule has 0 fully saturated rings. The Kier molecular flexibility index (Phi) is 3.42. The van der Waals surface area contributed by atoms with E-state index in [4.69, 9.17) is 9.47 Å². The first kappa shape index (κ1) is 12.1. The summed E-state index contributed by atoms with van der Waals surface area (Å²) in [5.74, 6) is 1.72. The molecule has 1 aliphatic rings. The van der Waals surface area contributed by atoms with E-state index in [9.17, 15) is 0 Å². The summed E-state index contributed by atoms with van der Waals surface area (Å²) in [6, 6.07) is 10.2. The summed E-state index contributed by atoms with van der Waals surface area (Å²) in [6.07, 6.45) is 2.11. The van der Waals surface area contributed by atoms with Crippen molar-refractivity contribution in [1.82, 2.24) is 9.88 Å². The van der Waals surface area contributed by atoms with E-state index < -0.39 is 0 Å². The van der Waals surface area contributed by atoms with Crippen molar-refractivity contribution in [2.24, 2.45) is 0 Å². The smallest absolute Gasteiger partial charge is 0.231 e. The molecule has 0 amide bonds. The Morgan fingerprint density at radius 1 is 1.16 bits per heavy atom. The van der Waals surface area contributed by atoms with Crippen LogP contribution in [0.25, 0.3) is 0 Å². The standard InChI is InChI=1S/C15H18N2O2/c1-2-17-8-4-6-13(17)10-16-9-12-5-3-7-14-15(12)19-11-18-14/h3-8,16H,2,9-11H2,1H3. The van der Waals surface area contributed by atoms with Gasteiger partial charge in [-0.25, -0.2) is 0 Å². The number of rotatable bonds is 5. The zero-order valence-corrected chi connectivity index (χ0v) is 11.1. The van der Waals surface area contributed by atoms with Gasteiger partial charge in [0.1, 0.15) is 0 Å². The SMILES string of the molecule is CCn1cccc1CNCc1cccc2c1OCO2. The van der Waals surface area contributed by atoms with Crippen LogP contribution in [0.3, 0.4) is 0 Å². The fourth-order valence-electron chi connectivity index (χ4n) is 2.37. The van der Waals surface area contributed by atoms with Crippen molar-refractivity contribution in [3.8, 4) is 11.5 Å². The van der Waals surface area contributed by atoms with Crippen molar-refractivity contribution in [3.63, 3.8) is 0 Å². The highest BCUT2D eigenvalue weighted by Crippen LogP contribution is 2.35. The first-order valence-corrected chi connectivity index (χ1v) is 6.60. The summed E-state index contributed by atoms with van der Waals surface area (Å²) in [7, 11) is 0. The Morgan fingerprint density at radius 3 is 3.00 bits per heavy atom. The van der Waals surface area contributed by atoms with Crippen LogP contribution in [0.15, 0.2) is 36.5 Å². The Hall–Kier alpha value is -1.94. The zero-order chi connectivity index (χ0) is 13.1. The maximum atomic E-state index is 5.49. The van der Waals surface area contributed by atoms with Crippen molar-refractivity contribution < 1.29 is 9.47 Å². The molecule has 0 bridgehead atoms. The van der Waals surface area contributed by atoms with E-state index in [-0.39, 0.29) is 0 Å². The summed E-state index contributed by atoms with van der Waals surface area (Å²) >= 11 is 0. The number of nitrogens with one attached hydrogen (secondary N) is 1. The third kappa shape index (κ3) is 2.44. The molecule has 0 aliphatic carbocycles. The lowest BCUT2D eigenvalue weighted by molar-refractivity contribution is 0.173. The fraction of sp³-hybridized carbons (Fsp3) is 0.333. The van der Waals surface area contributed by atoms with Crippen molar-refractivity contribution >= 4 is 0 Å². The topological polar surface area (TPSA) is 35.4 Å². The van der Waals surface area contributed by atoms with Gasteiger partial charge in [-0.15, -0.1) is 0 Å². The van der Waals surface area contributed by atoms with Crippen LogP contribution >= 0.6 is 0 Å². The van der Waals surface area contributed by atoms with Crippen molar-refractivity contribution in [2.75, 3.05) is 6.79 Å². The number of benzene rings is 1. The molecule has 1 aromatic heterocycles. The molecule has 0 atom stereocenters. The van der Waals surface area contributed by atoms with Gasteiger partial charge in [-0.05, 0) is 25.1 Å². The number of fused-ring (bicyclic) bond motifs is 1.